The third-order valence-electron chi connectivity index (χ3n) is 12.0. The molecule has 1 saturated carbocycles. The highest BCUT2D eigenvalue weighted by atomic mass is 16.3. The van der Waals surface area contributed by atoms with Crippen molar-refractivity contribution in [2.75, 3.05) is 0 Å². The Balaban J connectivity index is 1.00. The van der Waals surface area contributed by atoms with Crippen LogP contribution in [-0.4, -0.2) is 15.0 Å². The van der Waals surface area contributed by atoms with E-state index in [2.05, 4.69) is 121 Å². The lowest BCUT2D eigenvalue weighted by Crippen LogP contribution is -2.28. The zero-order chi connectivity index (χ0) is 36.5. The van der Waals surface area contributed by atoms with E-state index in [1.807, 2.05) is 30.3 Å². The fourth-order valence-corrected chi connectivity index (χ4v) is 9.22. The van der Waals surface area contributed by atoms with Gasteiger partial charge in [0, 0.05) is 32.9 Å². The molecule has 2 aromatic heterocycles. The summed E-state index contributed by atoms with van der Waals surface area (Å²) in [6.07, 6.45) is 5.98. The quantitative estimate of drug-likeness (QED) is 0.182. The molecule has 1 spiro atoms. The Morgan fingerprint density at radius 3 is 1.95 bits per heavy atom. The van der Waals surface area contributed by atoms with Gasteiger partial charge in [-0.05, 0) is 99.5 Å². The molecule has 0 aliphatic heterocycles. The minimum absolute atomic E-state index is 0.00619. The molecule has 0 bridgehead atoms. The molecular weight excluding hydrogens is 673 g/mol. The van der Waals surface area contributed by atoms with Crippen LogP contribution < -0.4 is 0 Å². The molecule has 1 fully saturated rings. The maximum Gasteiger partial charge on any atom is 0.164 e. The van der Waals surface area contributed by atoms with Crippen molar-refractivity contribution in [1.82, 2.24) is 15.0 Å². The van der Waals surface area contributed by atoms with Gasteiger partial charge in [-0.25, -0.2) is 15.0 Å². The van der Waals surface area contributed by atoms with Crippen molar-refractivity contribution in [1.29, 1.82) is 5.26 Å². The second-order valence-corrected chi connectivity index (χ2v) is 15.0. The predicted molar refractivity (Wildman–Crippen MR) is 220 cm³/mol. The molecule has 2 heterocycles. The summed E-state index contributed by atoms with van der Waals surface area (Å²) >= 11 is 0. The molecule has 0 radical (unpaired) electrons. The van der Waals surface area contributed by atoms with Crippen LogP contribution in [0.25, 0.3) is 89.1 Å². The molecule has 11 rings (SSSR count). The van der Waals surface area contributed by atoms with Gasteiger partial charge in [0.1, 0.15) is 11.2 Å². The molecule has 2 aliphatic rings. The molecule has 2 aliphatic carbocycles. The van der Waals surface area contributed by atoms with Crippen LogP contribution in [0.4, 0.5) is 0 Å². The van der Waals surface area contributed by atoms with Gasteiger partial charge in [0.05, 0.1) is 11.6 Å². The summed E-state index contributed by atoms with van der Waals surface area (Å²) in [7, 11) is 0. The number of para-hydroxylation sites is 1. The van der Waals surface area contributed by atoms with Gasteiger partial charge >= 0.3 is 0 Å². The normalized spacial score (nSPS) is 14.3. The minimum Gasteiger partial charge on any atom is -0.456 e. The van der Waals surface area contributed by atoms with Crippen LogP contribution in [0.15, 0.2) is 150 Å². The standard InChI is InChI=1S/C50H34N4O/c51-30-31-12-21-39-42-28-36(20-23-43(42)50(44(39)26-31)24-6-1-7-25-50)33-13-16-34(17-14-33)47-52-48(37-18-15-32-8-2-3-9-35(32)27-37)54-49(53-47)38-19-22-41-40-10-4-5-11-45(40)55-46(41)29-38/h2-5,8-23,26-29H,1,6-7,24-25H2. The van der Waals surface area contributed by atoms with Gasteiger partial charge < -0.3 is 4.42 Å². The Labute approximate surface area is 318 Å². The summed E-state index contributed by atoms with van der Waals surface area (Å²) in [6, 6.07) is 53.2. The zero-order valence-electron chi connectivity index (χ0n) is 30.1. The van der Waals surface area contributed by atoms with Crippen molar-refractivity contribution in [2.24, 2.45) is 0 Å². The maximum absolute atomic E-state index is 9.75. The number of hydrogen-bond acceptors (Lipinski definition) is 5. The molecular formula is C50H34N4O. The highest BCUT2D eigenvalue weighted by Crippen LogP contribution is 2.56. The zero-order valence-corrected chi connectivity index (χ0v) is 30.1. The smallest absolute Gasteiger partial charge is 0.164 e. The van der Waals surface area contributed by atoms with Crippen molar-refractivity contribution < 1.29 is 4.42 Å². The van der Waals surface area contributed by atoms with E-state index in [1.54, 1.807) is 0 Å². The molecule has 9 aromatic rings. The Morgan fingerprint density at radius 1 is 0.473 bits per heavy atom. The van der Waals surface area contributed by atoms with E-state index in [0.717, 1.165) is 68.0 Å². The SMILES string of the molecule is N#Cc1ccc2c(c1)C1(CCCCC1)c1ccc(-c3ccc(-c4nc(-c5ccc6ccccc6c5)nc(-c5ccc6c(c5)oc5ccccc56)n4)cc3)cc1-2. The van der Waals surface area contributed by atoms with E-state index >= 15 is 0 Å². The number of furan rings is 1. The van der Waals surface area contributed by atoms with E-state index in [1.165, 1.54) is 52.5 Å². The lowest BCUT2D eigenvalue weighted by Gasteiger charge is -2.36. The summed E-state index contributed by atoms with van der Waals surface area (Å²) in [4.78, 5) is 15.2. The van der Waals surface area contributed by atoms with Gasteiger partial charge in [0.25, 0.3) is 0 Å². The number of hydrogen-bond donors (Lipinski definition) is 0. The van der Waals surface area contributed by atoms with E-state index in [9.17, 15) is 5.26 Å². The highest BCUT2D eigenvalue weighted by Gasteiger charge is 2.43. The van der Waals surface area contributed by atoms with Crippen molar-refractivity contribution in [3.63, 3.8) is 0 Å². The van der Waals surface area contributed by atoms with E-state index < -0.39 is 0 Å². The highest BCUT2D eigenvalue weighted by molar-refractivity contribution is 6.05. The summed E-state index contributed by atoms with van der Waals surface area (Å²) in [5.74, 6) is 1.82. The second kappa shape index (κ2) is 12.3. The fourth-order valence-electron chi connectivity index (χ4n) is 9.22. The molecule has 7 aromatic carbocycles. The molecule has 55 heavy (non-hydrogen) atoms. The average Bonchev–Trinajstić information content (AvgIpc) is 3.75. The Morgan fingerprint density at radius 2 is 1.13 bits per heavy atom. The van der Waals surface area contributed by atoms with Gasteiger partial charge in [0.2, 0.25) is 0 Å². The molecule has 0 N–H and O–H groups in total. The largest absolute Gasteiger partial charge is 0.456 e. The lowest BCUT2D eigenvalue weighted by molar-refractivity contribution is 0.353. The van der Waals surface area contributed by atoms with Gasteiger partial charge in [0.15, 0.2) is 17.5 Å². The van der Waals surface area contributed by atoms with Crippen LogP contribution in [-0.2, 0) is 5.41 Å². The lowest BCUT2D eigenvalue weighted by atomic mass is 9.67. The number of nitriles is 1. The van der Waals surface area contributed by atoms with Crippen LogP contribution in [0.3, 0.4) is 0 Å². The Kier molecular flexibility index (Phi) is 7.09. The van der Waals surface area contributed by atoms with Crippen molar-refractivity contribution in [3.8, 4) is 62.5 Å². The first-order valence-electron chi connectivity index (χ1n) is 19.1. The van der Waals surface area contributed by atoms with Crippen LogP contribution in [0, 0.1) is 11.3 Å². The average molecular weight is 707 g/mol. The van der Waals surface area contributed by atoms with E-state index in [0.29, 0.717) is 17.5 Å². The second-order valence-electron chi connectivity index (χ2n) is 15.0. The molecule has 0 saturated heterocycles. The van der Waals surface area contributed by atoms with Crippen molar-refractivity contribution in [3.05, 3.63) is 162 Å². The maximum atomic E-state index is 9.75. The van der Waals surface area contributed by atoms with Gasteiger partial charge in [-0.15, -0.1) is 0 Å². The number of rotatable bonds is 4. The molecule has 0 atom stereocenters. The molecule has 5 nitrogen and oxygen atoms in total. The van der Waals surface area contributed by atoms with E-state index in [-0.39, 0.29) is 5.41 Å². The number of aromatic nitrogens is 3. The molecule has 260 valence electrons. The Hall–Kier alpha value is -6.90. The topological polar surface area (TPSA) is 75.6 Å². The summed E-state index contributed by atoms with van der Waals surface area (Å²) < 4.78 is 6.25. The molecule has 5 heteroatoms. The van der Waals surface area contributed by atoms with Crippen LogP contribution in [0.2, 0.25) is 0 Å². The van der Waals surface area contributed by atoms with Crippen LogP contribution in [0.1, 0.15) is 48.8 Å². The van der Waals surface area contributed by atoms with Crippen molar-refractivity contribution in [2.45, 2.75) is 37.5 Å². The van der Waals surface area contributed by atoms with Gasteiger partial charge in [-0.3, -0.25) is 0 Å². The molecule has 0 amide bonds. The first-order chi connectivity index (χ1) is 27.1. The van der Waals surface area contributed by atoms with Crippen molar-refractivity contribution >= 4 is 32.7 Å². The number of nitrogens with zero attached hydrogens (tertiary/aromatic N) is 4. The first-order valence-corrected chi connectivity index (χ1v) is 19.1. The third kappa shape index (κ3) is 5.10. The van der Waals surface area contributed by atoms with Crippen LogP contribution in [0.5, 0.6) is 0 Å². The van der Waals surface area contributed by atoms with Gasteiger partial charge in [-0.2, -0.15) is 5.26 Å². The number of benzene rings is 7. The fraction of sp³-hybridized carbons (Fsp3) is 0.120. The third-order valence-corrected chi connectivity index (χ3v) is 12.0. The predicted octanol–water partition coefficient (Wildman–Crippen LogP) is 12.7. The Bertz CT molecular complexity index is 3040. The molecule has 0 unspecified atom stereocenters. The monoisotopic (exact) mass is 706 g/mol. The van der Waals surface area contributed by atoms with Gasteiger partial charge in [-0.1, -0.05) is 122 Å². The first kappa shape index (κ1) is 31.6. The summed E-state index contributed by atoms with van der Waals surface area (Å²) in [5.41, 5.74) is 12.7. The summed E-state index contributed by atoms with van der Waals surface area (Å²) in [5, 5.41) is 14.2. The van der Waals surface area contributed by atoms with E-state index in [4.69, 9.17) is 19.4 Å². The number of fused-ring (bicyclic) bond motifs is 9. The van der Waals surface area contributed by atoms with Crippen LogP contribution >= 0.6 is 0 Å². The minimum atomic E-state index is 0.00619. The summed E-state index contributed by atoms with van der Waals surface area (Å²) in [6.45, 7) is 0.